The third-order valence-electron chi connectivity index (χ3n) is 4.42. The number of nitrogens with one attached hydrogen (secondary N) is 1. The normalized spacial score (nSPS) is 16.9. The van der Waals surface area contributed by atoms with Gasteiger partial charge in [-0.2, -0.15) is 0 Å². The number of hydrogen-bond donors (Lipinski definition) is 1. The highest BCUT2D eigenvalue weighted by Gasteiger charge is 2.24. The summed E-state index contributed by atoms with van der Waals surface area (Å²) >= 11 is 1.37. The van der Waals surface area contributed by atoms with Crippen LogP contribution in [0.5, 0.6) is 0 Å². The number of carbonyl (C=O) groups excluding carboxylic acids is 1. The minimum Gasteiger partial charge on any atom is -0.346 e. The smallest absolute Gasteiger partial charge is 0.271 e. The van der Waals surface area contributed by atoms with Crippen LogP contribution in [0.25, 0.3) is 10.6 Å². The van der Waals surface area contributed by atoms with Crippen molar-refractivity contribution in [3.8, 4) is 10.6 Å². The third-order valence-corrected chi connectivity index (χ3v) is 5.31. The maximum Gasteiger partial charge on any atom is 0.271 e. The van der Waals surface area contributed by atoms with E-state index in [1.807, 2.05) is 0 Å². The summed E-state index contributed by atoms with van der Waals surface area (Å²) in [7, 11) is 0. The Morgan fingerprint density at radius 3 is 2.78 bits per heavy atom. The maximum absolute atomic E-state index is 13.1. The number of anilines is 1. The Morgan fingerprint density at radius 2 is 2.00 bits per heavy atom. The van der Waals surface area contributed by atoms with Crippen LogP contribution in [0.3, 0.4) is 0 Å². The van der Waals surface area contributed by atoms with Gasteiger partial charge in [0.15, 0.2) is 0 Å². The van der Waals surface area contributed by atoms with Crippen LogP contribution in [0, 0.1) is 5.82 Å². The number of rotatable bonds is 4. The maximum atomic E-state index is 13.1. The van der Waals surface area contributed by atoms with Gasteiger partial charge >= 0.3 is 0 Å². The van der Waals surface area contributed by atoms with E-state index in [9.17, 15) is 9.18 Å². The molecule has 4 rings (SSSR count). The second-order valence-corrected chi connectivity index (χ2v) is 7.21. The number of piperidine rings is 1. The van der Waals surface area contributed by atoms with E-state index in [4.69, 9.17) is 0 Å². The van der Waals surface area contributed by atoms with Crippen molar-refractivity contribution >= 4 is 23.2 Å². The van der Waals surface area contributed by atoms with Gasteiger partial charge in [-0.1, -0.05) is 0 Å². The van der Waals surface area contributed by atoms with Crippen LogP contribution in [-0.2, 0) is 0 Å². The first kappa shape index (κ1) is 17.5. The van der Waals surface area contributed by atoms with Crippen LogP contribution in [0.1, 0.15) is 23.3 Å². The molecule has 2 aromatic heterocycles. The molecule has 0 bridgehead atoms. The number of halogens is 1. The topological polar surface area (TPSA) is 71.0 Å². The molecule has 8 heteroatoms. The molecule has 0 spiro atoms. The number of amides is 1. The molecule has 0 saturated carbocycles. The molecular weight excluding hydrogens is 365 g/mol. The zero-order valence-electron chi connectivity index (χ0n) is 14.5. The molecule has 27 heavy (non-hydrogen) atoms. The van der Waals surface area contributed by atoms with Crippen LogP contribution in [-0.4, -0.2) is 40.0 Å². The van der Waals surface area contributed by atoms with Crippen molar-refractivity contribution in [1.82, 2.24) is 20.3 Å². The molecule has 0 aliphatic carbocycles. The summed E-state index contributed by atoms with van der Waals surface area (Å²) in [5.74, 6) is 0.196. The van der Waals surface area contributed by atoms with Gasteiger partial charge in [0, 0.05) is 42.5 Å². The van der Waals surface area contributed by atoms with Crippen LogP contribution < -0.4 is 10.2 Å². The highest BCUT2D eigenvalue weighted by atomic mass is 32.1. The van der Waals surface area contributed by atoms with E-state index in [1.54, 1.807) is 36.0 Å². The molecule has 3 heterocycles. The van der Waals surface area contributed by atoms with Gasteiger partial charge in [-0.05, 0) is 43.2 Å². The Morgan fingerprint density at radius 1 is 1.22 bits per heavy atom. The van der Waals surface area contributed by atoms with E-state index in [2.05, 4.69) is 25.2 Å². The molecule has 6 nitrogen and oxygen atoms in total. The summed E-state index contributed by atoms with van der Waals surface area (Å²) in [6.07, 6.45) is 5.30. The van der Waals surface area contributed by atoms with E-state index in [0.717, 1.165) is 24.9 Å². The Bertz CT molecular complexity index is 915. The molecule has 1 saturated heterocycles. The van der Waals surface area contributed by atoms with Gasteiger partial charge < -0.3 is 10.2 Å². The fourth-order valence-electron chi connectivity index (χ4n) is 3.09. The fraction of sp³-hybridized carbons (Fsp3) is 0.263. The molecule has 138 valence electrons. The Labute approximate surface area is 160 Å². The molecule has 1 amide bonds. The van der Waals surface area contributed by atoms with Crippen molar-refractivity contribution in [3.63, 3.8) is 0 Å². The standard InChI is InChI=1S/C19H18FN5OS/c20-14-6-4-13(5-7-14)18-24-16(12-27-18)17(26)23-15-3-1-10-25(11-15)19-21-8-2-9-22-19/h2,4-9,12,15H,1,3,10-11H2,(H,23,26). The van der Waals surface area contributed by atoms with Crippen molar-refractivity contribution in [3.05, 3.63) is 59.6 Å². The summed E-state index contributed by atoms with van der Waals surface area (Å²) in [6, 6.07) is 7.90. The van der Waals surface area contributed by atoms with Gasteiger partial charge in [0.25, 0.3) is 5.91 Å². The highest BCUT2D eigenvalue weighted by Crippen LogP contribution is 2.24. The molecular formula is C19H18FN5OS. The SMILES string of the molecule is O=C(NC1CCCN(c2ncccn2)C1)c1csc(-c2ccc(F)cc2)n1. The van der Waals surface area contributed by atoms with Gasteiger partial charge in [0.05, 0.1) is 0 Å². The highest BCUT2D eigenvalue weighted by molar-refractivity contribution is 7.13. The van der Waals surface area contributed by atoms with Crippen molar-refractivity contribution in [2.45, 2.75) is 18.9 Å². The molecule has 1 unspecified atom stereocenters. The summed E-state index contributed by atoms with van der Waals surface area (Å²) in [4.78, 5) is 27.6. The zero-order chi connectivity index (χ0) is 18.6. The van der Waals surface area contributed by atoms with Crippen molar-refractivity contribution in [2.24, 2.45) is 0 Å². The lowest BCUT2D eigenvalue weighted by molar-refractivity contribution is 0.0928. The molecule has 1 N–H and O–H groups in total. The van der Waals surface area contributed by atoms with Gasteiger partial charge in [-0.15, -0.1) is 11.3 Å². The molecule has 1 aliphatic heterocycles. The molecule has 3 aromatic rings. The first-order chi connectivity index (χ1) is 13.2. The quantitative estimate of drug-likeness (QED) is 0.749. The summed E-state index contributed by atoms with van der Waals surface area (Å²) in [5, 5.41) is 5.49. The Balaban J connectivity index is 1.41. The molecule has 1 aliphatic rings. The number of hydrogen-bond acceptors (Lipinski definition) is 6. The third kappa shape index (κ3) is 4.11. The lowest BCUT2D eigenvalue weighted by atomic mass is 10.1. The zero-order valence-corrected chi connectivity index (χ0v) is 15.3. The molecule has 1 atom stereocenters. The number of benzene rings is 1. The van der Waals surface area contributed by atoms with Crippen molar-refractivity contribution in [1.29, 1.82) is 0 Å². The average Bonchev–Trinajstić information content (AvgIpc) is 3.20. The number of aromatic nitrogens is 3. The van der Waals surface area contributed by atoms with Gasteiger partial charge in [-0.25, -0.2) is 19.3 Å². The van der Waals surface area contributed by atoms with Gasteiger partial charge in [0.1, 0.15) is 16.5 Å². The lowest BCUT2D eigenvalue weighted by Gasteiger charge is -2.32. The van der Waals surface area contributed by atoms with E-state index < -0.39 is 0 Å². The summed E-state index contributed by atoms with van der Waals surface area (Å²) in [6.45, 7) is 1.55. The Kier molecular flexibility index (Phi) is 5.06. The molecule has 1 fully saturated rings. The minimum absolute atomic E-state index is 0.0195. The number of thiazole rings is 1. The van der Waals surface area contributed by atoms with E-state index in [1.165, 1.54) is 23.5 Å². The molecule has 1 aromatic carbocycles. The number of carbonyl (C=O) groups is 1. The summed E-state index contributed by atoms with van der Waals surface area (Å²) < 4.78 is 13.1. The Hall–Kier alpha value is -2.87. The second-order valence-electron chi connectivity index (χ2n) is 6.35. The first-order valence-corrected chi connectivity index (χ1v) is 9.61. The van der Waals surface area contributed by atoms with Crippen molar-refractivity contribution < 1.29 is 9.18 Å². The largest absolute Gasteiger partial charge is 0.346 e. The van der Waals surface area contributed by atoms with Crippen molar-refractivity contribution in [2.75, 3.05) is 18.0 Å². The molecule has 0 radical (unpaired) electrons. The second kappa shape index (κ2) is 7.79. The van der Waals surface area contributed by atoms with Crippen LogP contribution in [0.2, 0.25) is 0 Å². The average molecular weight is 383 g/mol. The van der Waals surface area contributed by atoms with E-state index in [0.29, 0.717) is 23.2 Å². The number of nitrogens with zero attached hydrogens (tertiary/aromatic N) is 4. The first-order valence-electron chi connectivity index (χ1n) is 8.73. The van der Waals surface area contributed by atoms with Crippen LogP contribution >= 0.6 is 11.3 Å². The lowest BCUT2D eigenvalue weighted by Crippen LogP contribution is -2.48. The predicted octanol–water partition coefficient (Wildman–Crippen LogP) is 3.14. The minimum atomic E-state index is -0.294. The van der Waals surface area contributed by atoms with Crippen LogP contribution in [0.4, 0.5) is 10.3 Å². The van der Waals surface area contributed by atoms with Crippen LogP contribution in [0.15, 0.2) is 48.1 Å². The predicted molar refractivity (Wildman–Crippen MR) is 102 cm³/mol. The fourth-order valence-corrected chi connectivity index (χ4v) is 3.90. The monoisotopic (exact) mass is 383 g/mol. The van der Waals surface area contributed by atoms with E-state index >= 15 is 0 Å². The van der Waals surface area contributed by atoms with Gasteiger partial charge in [0.2, 0.25) is 5.95 Å². The van der Waals surface area contributed by atoms with Gasteiger partial charge in [-0.3, -0.25) is 4.79 Å². The van der Waals surface area contributed by atoms with E-state index in [-0.39, 0.29) is 17.8 Å². The summed E-state index contributed by atoms with van der Waals surface area (Å²) in [5.41, 5.74) is 1.18.